The Morgan fingerprint density at radius 2 is 1.75 bits per heavy atom. The van der Waals surface area contributed by atoms with E-state index in [0.29, 0.717) is 23.7 Å². The normalized spacial score (nSPS) is 10.4. The van der Waals surface area contributed by atoms with Crippen molar-refractivity contribution >= 4 is 50.1 Å². The van der Waals surface area contributed by atoms with Gasteiger partial charge in [-0.3, -0.25) is 4.79 Å². The number of carbonyl (C=O) groups is 1. The number of halogens is 2. The van der Waals surface area contributed by atoms with Gasteiger partial charge in [-0.1, -0.05) is 45.8 Å². The number of anilines is 1. The molecule has 0 atom stereocenters. The molecular weight excluding hydrogens is 533 g/mol. The third-order valence-electron chi connectivity index (χ3n) is 4.10. The van der Waals surface area contributed by atoms with Crippen LogP contribution in [0.5, 0.6) is 11.5 Å². The maximum Gasteiger partial charge on any atom is 0.255 e. The summed E-state index contributed by atoms with van der Waals surface area (Å²) in [5.41, 5.74) is 3.51. The topological polar surface area (TPSA) is 47.6 Å². The van der Waals surface area contributed by atoms with Crippen molar-refractivity contribution in [3.8, 4) is 11.5 Å². The fourth-order valence-electron chi connectivity index (χ4n) is 2.57. The van der Waals surface area contributed by atoms with Gasteiger partial charge >= 0.3 is 0 Å². The van der Waals surface area contributed by atoms with Gasteiger partial charge in [0, 0.05) is 15.7 Å². The zero-order valence-corrected chi connectivity index (χ0v) is 19.2. The smallest absolute Gasteiger partial charge is 0.255 e. The number of hydrogen-bond acceptors (Lipinski definition) is 3. The molecular formula is C22H19BrINO3. The third kappa shape index (κ3) is 5.26. The molecule has 0 saturated carbocycles. The van der Waals surface area contributed by atoms with Gasteiger partial charge in [0.05, 0.1) is 10.7 Å². The van der Waals surface area contributed by atoms with Crippen molar-refractivity contribution in [3.63, 3.8) is 0 Å². The SMILES string of the molecule is COc1cc(C(=O)Nc2ccc(Br)cc2)cc(I)c1OCc1ccc(C)cc1. The lowest BCUT2D eigenvalue weighted by molar-refractivity contribution is 0.102. The van der Waals surface area contributed by atoms with Gasteiger partial charge in [-0.2, -0.15) is 0 Å². The highest BCUT2D eigenvalue weighted by molar-refractivity contribution is 14.1. The van der Waals surface area contributed by atoms with Gasteiger partial charge in [0.15, 0.2) is 11.5 Å². The minimum atomic E-state index is -0.205. The van der Waals surface area contributed by atoms with Crippen molar-refractivity contribution < 1.29 is 14.3 Å². The number of carbonyl (C=O) groups excluding carboxylic acids is 1. The van der Waals surface area contributed by atoms with Crippen LogP contribution in [-0.4, -0.2) is 13.0 Å². The van der Waals surface area contributed by atoms with Crippen molar-refractivity contribution in [2.45, 2.75) is 13.5 Å². The fourth-order valence-corrected chi connectivity index (χ4v) is 3.59. The first-order chi connectivity index (χ1) is 13.5. The number of nitrogens with one attached hydrogen (secondary N) is 1. The number of benzene rings is 3. The molecule has 0 saturated heterocycles. The van der Waals surface area contributed by atoms with Crippen LogP contribution in [0.2, 0.25) is 0 Å². The Balaban J connectivity index is 1.77. The second-order valence-corrected chi connectivity index (χ2v) is 8.30. The zero-order chi connectivity index (χ0) is 20.1. The minimum Gasteiger partial charge on any atom is -0.493 e. The standard InChI is InChI=1S/C22H19BrINO3/c1-14-3-5-15(6-4-14)13-28-21-19(24)11-16(12-20(21)27-2)22(26)25-18-9-7-17(23)8-10-18/h3-12H,13H2,1-2H3,(H,25,26). The van der Waals surface area contributed by atoms with Crippen LogP contribution < -0.4 is 14.8 Å². The third-order valence-corrected chi connectivity index (χ3v) is 5.43. The lowest BCUT2D eigenvalue weighted by Gasteiger charge is -2.15. The predicted molar refractivity (Wildman–Crippen MR) is 123 cm³/mol. The van der Waals surface area contributed by atoms with E-state index in [0.717, 1.165) is 19.3 Å². The first-order valence-corrected chi connectivity index (χ1v) is 10.5. The molecule has 144 valence electrons. The lowest BCUT2D eigenvalue weighted by atomic mass is 10.1. The summed E-state index contributed by atoms with van der Waals surface area (Å²) in [4.78, 5) is 12.6. The molecule has 0 spiro atoms. The number of methoxy groups -OCH3 is 1. The Morgan fingerprint density at radius 3 is 2.39 bits per heavy atom. The van der Waals surface area contributed by atoms with Gasteiger partial charge in [-0.25, -0.2) is 0 Å². The van der Waals surface area contributed by atoms with Crippen LogP contribution in [-0.2, 0) is 6.61 Å². The second kappa shape index (κ2) is 9.43. The van der Waals surface area contributed by atoms with Gasteiger partial charge in [0.2, 0.25) is 0 Å². The summed E-state index contributed by atoms with van der Waals surface area (Å²) in [6.45, 7) is 2.48. The van der Waals surface area contributed by atoms with E-state index in [1.54, 1.807) is 19.2 Å². The Kier molecular flexibility index (Phi) is 6.96. The van der Waals surface area contributed by atoms with Crippen molar-refractivity contribution in [3.05, 3.63) is 85.4 Å². The van der Waals surface area contributed by atoms with E-state index in [9.17, 15) is 4.79 Å². The average molecular weight is 552 g/mol. The average Bonchev–Trinajstić information content (AvgIpc) is 2.69. The Labute approximate surface area is 186 Å². The van der Waals surface area contributed by atoms with Gasteiger partial charge in [-0.05, 0) is 71.5 Å². The van der Waals surface area contributed by atoms with E-state index in [4.69, 9.17) is 9.47 Å². The molecule has 0 heterocycles. The second-order valence-electron chi connectivity index (χ2n) is 6.22. The lowest BCUT2D eigenvalue weighted by Crippen LogP contribution is -2.12. The van der Waals surface area contributed by atoms with Crippen LogP contribution in [0.15, 0.2) is 65.1 Å². The number of aryl methyl sites for hydroxylation is 1. The molecule has 3 rings (SSSR count). The molecule has 0 fully saturated rings. The summed E-state index contributed by atoms with van der Waals surface area (Å²) in [7, 11) is 1.57. The molecule has 0 radical (unpaired) electrons. The summed E-state index contributed by atoms with van der Waals surface area (Å²) in [6.07, 6.45) is 0. The van der Waals surface area contributed by atoms with Crippen LogP contribution in [0.1, 0.15) is 21.5 Å². The van der Waals surface area contributed by atoms with Crippen LogP contribution in [0.3, 0.4) is 0 Å². The number of ether oxygens (including phenoxy) is 2. The van der Waals surface area contributed by atoms with E-state index < -0.39 is 0 Å². The first kappa shape index (κ1) is 20.7. The molecule has 0 bridgehead atoms. The van der Waals surface area contributed by atoms with E-state index in [2.05, 4.69) is 62.9 Å². The molecule has 0 aliphatic rings. The highest BCUT2D eigenvalue weighted by Crippen LogP contribution is 2.35. The number of rotatable bonds is 6. The van der Waals surface area contributed by atoms with Gasteiger partial charge in [0.1, 0.15) is 6.61 Å². The molecule has 28 heavy (non-hydrogen) atoms. The van der Waals surface area contributed by atoms with E-state index in [-0.39, 0.29) is 5.91 Å². The minimum absolute atomic E-state index is 0.205. The van der Waals surface area contributed by atoms with Crippen LogP contribution in [0, 0.1) is 10.5 Å². The van der Waals surface area contributed by atoms with E-state index in [1.807, 2.05) is 36.4 Å². The van der Waals surface area contributed by atoms with E-state index in [1.165, 1.54) is 5.56 Å². The monoisotopic (exact) mass is 551 g/mol. The maximum absolute atomic E-state index is 12.6. The van der Waals surface area contributed by atoms with Crippen LogP contribution >= 0.6 is 38.5 Å². The Hall–Kier alpha value is -2.06. The number of hydrogen-bond donors (Lipinski definition) is 1. The summed E-state index contributed by atoms with van der Waals surface area (Å²) >= 11 is 5.54. The molecule has 3 aromatic carbocycles. The molecule has 0 aromatic heterocycles. The maximum atomic E-state index is 12.6. The Morgan fingerprint density at radius 1 is 1.07 bits per heavy atom. The molecule has 0 unspecified atom stereocenters. The fraction of sp³-hybridized carbons (Fsp3) is 0.136. The van der Waals surface area contributed by atoms with Crippen molar-refractivity contribution in [2.75, 3.05) is 12.4 Å². The van der Waals surface area contributed by atoms with E-state index >= 15 is 0 Å². The summed E-state index contributed by atoms with van der Waals surface area (Å²) in [5, 5.41) is 2.89. The van der Waals surface area contributed by atoms with Crippen molar-refractivity contribution in [1.29, 1.82) is 0 Å². The largest absolute Gasteiger partial charge is 0.493 e. The summed E-state index contributed by atoms with van der Waals surface area (Å²) in [6, 6.07) is 19.1. The highest BCUT2D eigenvalue weighted by atomic mass is 127. The number of amides is 1. The molecule has 1 amide bonds. The van der Waals surface area contributed by atoms with Gasteiger partial charge in [0.25, 0.3) is 5.91 Å². The van der Waals surface area contributed by atoms with Gasteiger partial charge in [-0.15, -0.1) is 0 Å². The molecule has 3 aromatic rings. The van der Waals surface area contributed by atoms with Crippen molar-refractivity contribution in [1.82, 2.24) is 0 Å². The highest BCUT2D eigenvalue weighted by Gasteiger charge is 2.16. The van der Waals surface area contributed by atoms with Gasteiger partial charge < -0.3 is 14.8 Å². The quantitative estimate of drug-likeness (QED) is 0.371. The predicted octanol–water partition coefficient (Wildman–Crippen LogP) is 6.20. The first-order valence-electron chi connectivity index (χ1n) is 8.59. The molecule has 1 N–H and O–H groups in total. The molecule has 4 nitrogen and oxygen atoms in total. The summed E-state index contributed by atoms with van der Waals surface area (Å²) in [5.74, 6) is 0.951. The molecule has 0 aliphatic carbocycles. The summed E-state index contributed by atoms with van der Waals surface area (Å²) < 4.78 is 13.2. The molecule has 0 aliphatic heterocycles. The Bertz CT molecular complexity index is 972. The molecule has 6 heteroatoms. The van der Waals surface area contributed by atoms with Crippen molar-refractivity contribution in [2.24, 2.45) is 0 Å². The zero-order valence-electron chi connectivity index (χ0n) is 15.5. The van der Waals surface area contributed by atoms with Crippen LogP contribution in [0.4, 0.5) is 5.69 Å². The van der Waals surface area contributed by atoms with Crippen LogP contribution in [0.25, 0.3) is 0 Å².